The van der Waals surface area contributed by atoms with Crippen LogP contribution in [0, 0.1) is 0 Å². The maximum Gasteiger partial charge on any atom is 0.263 e. The SMILES string of the molecule is CCOC(C)c1noc(CN2C(=O)c3c(Cl)c(Cl)c(Cl)c(Cl)c3C2=O)n1. The number of ether oxygens (including phenoxy) is 1. The normalized spacial score (nSPS) is 14.9. The molecule has 26 heavy (non-hydrogen) atoms. The first-order valence-corrected chi connectivity index (χ1v) is 8.95. The number of rotatable bonds is 5. The first kappa shape index (κ1) is 19.4. The first-order valence-electron chi connectivity index (χ1n) is 7.44. The van der Waals surface area contributed by atoms with Gasteiger partial charge < -0.3 is 9.26 Å². The second-order valence-electron chi connectivity index (χ2n) is 5.35. The Bertz CT molecular complexity index is 868. The molecule has 0 radical (unpaired) electrons. The number of hydrogen-bond donors (Lipinski definition) is 0. The van der Waals surface area contributed by atoms with E-state index in [0.717, 1.165) is 4.90 Å². The van der Waals surface area contributed by atoms with E-state index in [0.29, 0.717) is 12.4 Å². The van der Waals surface area contributed by atoms with Crippen LogP contribution >= 0.6 is 46.4 Å². The number of hydrogen-bond acceptors (Lipinski definition) is 6. The van der Waals surface area contributed by atoms with Crippen molar-refractivity contribution in [1.82, 2.24) is 15.0 Å². The standard InChI is InChI=1S/C15H11Cl4N3O4/c1-3-25-5(2)13-20-6(26-21-13)4-22-14(23)7-8(15(22)24)10(17)12(19)11(18)9(7)16/h5H,3-4H2,1-2H3. The third-order valence-electron chi connectivity index (χ3n) is 3.74. The summed E-state index contributed by atoms with van der Waals surface area (Å²) in [4.78, 5) is 30.3. The van der Waals surface area contributed by atoms with Gasteiger partial charge in [0.1, 0.15) is 12.6 Å². The van der Waals surface area contributed by atoms with Crippen molar-refractivity contribution in [3.8, 4) is 0 Å². The maximum absolute atomic E-state index is 12.6. The van der Waals surface area contributed by atoms with E-state index >= 15 is 0 Å². The zero-order chi connectivity index (χ0) is 19.2. The highest BCUT2D eigenvalue weighted by Gasteiger charge is 2.42. The first-order chi connectivity index (χ1) is 12.3. The summed E-state index contributed by atoms with van der Waals surface area (Å²) in [5, 5.41) is 3.34. The molecule has 1 aliphatic heterocycles. The maximum atomic E-state index is 12.6. The van der Waals surface area contributed by atoms with Crippen molar-refractivity contribution in [2.75, 3.05) is 6.61 Å². The van der Waals surface area contributed by atoms with Crippen LogP contribution < -0.4 is 0 Å². The summed E-state index contributed by atoms with van der Waals surface area (Å²) in [5.41, 5.74) is -0.197. The fourth-order valence-electron chi connectivity index (χ4n) is 2.50. The van der Waals surface area contributed by atoms with Crippen molar-refractivity contribution in [3.63, 3.8) is 0 Å². The molecular formula is C15H11Cl4N3O4. The number of aromatic nitrogens is 2. The lowest BCUT2D eigenvalue weighted by molar-refractivity contribution is 0.0624. The van der Waals surface area contributed by atoms with Gasteiger partial charge in [-0.05, 0) is 13.8 Å². The number of fused-ring (bicyclic) bond motifs is 1. The molecule has 0 fully saturated rings. The largest absolute Gasteiger partial charge is 0.371 e. The summed E-state index contributed by atoms with van der Waals surface area (Å²) < 4.78 is 10.5. The number of carbonyl (C=O) groups is 2. The van der Waals surface area contributed by atoms with Crippen LogP contribution in [0.25, 0.3) is 0 Å². The number of nitrogens with zero attached hydrogens (tertiary/aromatic N) is 3. The second-order valence-corrected chi connectivity index (χ2v) is 6.86. The topological polar surface area (TPSA) is 85.5 Å². The van der Waals surface area contributed by atoms with Crippen LogP contribution in [0.3, 0.4) is 0 Å². The highest BCUT2D eigenvalue weighted by atomic mass is 35.5. The molecule has 1 aliphatic rings. The van der Waals surface area contributed by atoms with E-state index in [4.69, 9.17) is 55.7 Å². The Labute approximate surface area is 168 Å². The molecule has 0 spiro atoms. The van der Waals surface area contributed by atoms with Crippen LogP contribution in [-0.2, 0) is 11.3 Å². The molecule has 1 unspecified atom stereocenters. The van der Waals surface area contributed by atoms with Crippen molar-refractivity contribution >= 4 is 58.2 Å². The van der Waals surface area contributed by atoms with Gasteiger partial charge in [0.15, 0.2) is 5.82 Å². The average Bonchev–Trinajstić information content (AvgIpc) is 3.17. The van der Waals surface area contributed by atoms with Crippen molar-refractivity contribution in [2.24, 2.45) is 0 Å². The van der Waals surface area contributed by atoms with Crippen LogP contribution in [0.4, 0.5) is 0 Å². The van der Waals surface area contributed by atoms with E-state index < -0.39 is 11.8 Å². The number of benzene rings is 1. The van der Waals surface area contributed by atoms with Gasteiger partial charge in [0, 0.05) is 6.61 Å². The molecule has 2 amide bonds. The molecule has 2 aromatic rings. The Kier molecular flexibility index (Phi) is 5.46. The Balaban J connectivity index is 1.92. The summed E-state index contributed by atoms with van der Waals surface area (Å²) in [6.07, 6.45) is -0.388. The zero-order valence-corrected chi connectivity index (χ0v) is 16.5. The molecule has 0 saturated carbocycles. The summed E-state index contributed by atoms with van der Waals surface area (Å²) in [6.45, 7) is 3.81. The average molecular weight is 439 g/mol. The molecule has 11 heteroatoms. The Morgan fingerprint density at radius 2 is 1.58 bits per heavy atom. The molecule has 0 N–H and O–H groups in total. The van der Waals surface area contributed by atoms with Gasteiger partial charge in [-0.2, -0.15) is 4.98 Å². The van der Waals surface area contributed by atoms with Crippen molar-refractivity contribution in [1.29, 1.82) is 0 Å². The van der Waals surface area contributed by atoms with Gasteiger partial charge in [0.25, 0.3) is 11.8 Å². The number of carbonyl (C=O) groups excluding carboxylic acids is 2. The summed E-state index contributed by atoms with van der Waals surface area (Å²) in [5.74, 6) is -0.979. The summed E-state index contributed by atoms with van der Waals surface area (Å²) in [7, 11) is 0. The van der Waals surface area contributed by atoms with Crippen molar-refractivity contribution in [2.45, 2.75) is 26.5 Å². The molecule has 3 rings (SSSR count). The number of amides is 2. The second kappa shape index (κ2) is 7.32. The van der Waals surface area contributed by atoms with Crippen LogP contribution in [0.15, 0.2) is 4.52 Å². The zero-order valence-electron chi connectivity index (χ0n) is 13.5. The van der Waals surface area contributed by atoms with Gasteiger partial charge >= 0.3 is 0 Å². The molecular weight excluding hydrogens is 428 g/mol. The third-order valence-corrected chi connectivity index (χ3v) is 5.54. The van der Waals surface area contributed by atoms with Gasteiger partial charge in [-0.1, -0.05) is 51.6 Å². The molecule has 1 aromatic heterocycles. The smallest absolute Gasteiger partial charge is 0.263 e. The lowest BCUT2D eigenvalue weighted by Crippen LogP contribution is -2.29. The van der Waals surface area contributed by atoms with Crippen molar-refractivity contribution in [3.05, 3.63) is 42.9 Å². The van der Waals surface area contributed by atoms with Crippen LogP contribution in [0.1, 0.15) is 52.4 Å². The molecule has 1 aromatic carbocycles. The minimum Gasteiger partial charge on any atom is -0.371 e. The number of imide groups is 1. The van der Waals surface area contributed by atoms with Crippen LogP contribution in [-0.4, -0.2) is 33.5 Å². The minimum absolute atomic E-state index is 0.0606. The van der Waals surface area contributed by atoms with Crippen molar-refractivity contribution < 1.29 is 18.8 Å². The van der Waals surface area contributed by atoms with Crippen LogP contribution in [0.2, 0.25) is 20.1 Å². The van der Waals surface area contributed by atoms with E-state index in [9.17, 15) is 9.59 Å². The Morgan fingerprint density at radius 3 is 2.08 bits per heavy atom. The molecule has 1 atom stereocenters. The van der Waals surface area contributed by atoms with Crippen LogP contribution in [0.5, 0.6) is 0 Å². The monoisotopic (exact) mass is 437 g/mol. The highest BCUT2D eigenvalue weighted by molar-refractivity contribution is 6.55. The molecule has 7 nitrogen and oxygen atoms in total. The van der Waals surface area contributed by atoms with Gasteiger partial charge in [0.05, 0.1) is 31.2 Å². The number of halogens is 4. The lowest BCUT2D eigenvalue weighted by Gasteiger charge is -2.10. The van der Waals surface area contributed by atoms with E-state index in [2.05, 4.69) is 10.1 Å². The van der Waals surface area contributed by atoms with Gasteiger partial charge in [-0.25, -0.2) is 0 Å². The fourth-order valence-corrected chi connectivity index (χ4v) is 3.51. The molecule has 138 valence electrons. The molecule has 2 heterocycles. The van der Waals surface area contributed by atoms with Gasteiger partial charge in [0.2, 0.25) is 5.89 Å². The van der Waals surface area contributed by atoms with Gasteiger partial charge in [-0.15, -0.1) is 0 Å². The van der Waals surface area contributed by atoms with E-state index in [1.54, 1.807) is 6.92 Å². The Hall–Kier alpha value is -1.38. The quantitative estimate of drug-likeness (QED) is 0.386. The minimum atomic E-state index is -0.673. The van der Waals surface area contributed by atoms with Gasteiger partial charge in [-0.3, -0.25) is 14.5 Å². The van der Waals surface area contributed by atoms with E-state index in [1.807, 2.05) is 6.92 Å². The molecule has 0 aliphatic carbocycles. The van der Waals surface area contributed by atoms with E-state index in [1.165, 1.54) is 0 Å². The molecule has 0 bridgehead atoms. The third kappa shape index (κ3) is 3.08. The predicted octanol–water partition coefficient (Wildman–Crippen LogP) is 4.58. The molecule has 0 saturated heterocycles. The Morgan fingerprint density at radius 1 is 1.04 bits per heavy atom. The predicted molar refractivity (Wildman–Crippen MR) is 95.0 cm³/mol. The summed E-state index contributed by atoms with van der Waals surface area (Å²) >= 11 is 24.1. The van der Waals surface area contributed by atoms with E-state index in [-0.39, 0.29) is 49.8 Å². The fraction of sp³-hybridized carbons (Fsp3) is 0.333. The summed E-state index contributed by atoms with van der Waals surface area (Å²) in [6, 6.07) is 0. The lowest BCUT2D eigenvalue weighted by atomic mass is 10.1. The highest BCUT2D eigenvalue weighted by Crippen LogP contribution is 2.45.